The summed E-state index contributed by atoms with van der Waals surface area (Å²) >= 11 is 7.62. The number of benzene rings is 1. The van der Waals surface area contributed by atoms with E-state index < -0.39 is 0 Å². The maximum Gasteiger partial charge on any atom is 0.123 e. The molecule has 0 saturated heterocycles. The van der Waals surface area contributed by atoms with Crippen LogP contribution in [-0.2, 0) is 0 Å². The molecule has 96 valence electrons. The molecule has 0 N–H and O–H groups in total. The predicted octanol–water partition coefficient (Wildman–Crippen LogP) is 4.27. The number of hydrogen-bond donors (Lipinski definition) is 0. The number of aryl methyl sites for hydroxylation is 2. The highest BCUT2D eigenvalue weighted by Crippen LogP contribution is 2.30. The second-order valence-corrected chi connectivity index (χ2v) is 6.09. The van der Waals surface area contributed by atoms with Gasteiger partial charge in [0.1, 0.15) is 5.69 Å². The van der Waals surface area contributed by atoms with Crippen LogP contribution in [0.5, 0.6) is 0 Å². The zero-order valence-electron chi connectivity index (χ0n) is 10.6. The molecule has 0 aliphatic carbocycles. The molecule has 0 amide bonds. The molecule has 0 atom stereocenters. The molecule has 2 aromatic heterocycles. The second-order valence-electron chi connectivity index (χ2n) is 4.39. The fourth-order valence-corrected chi connectivity index (χ4v) is 3.09. The number of rotatable bonds is 2. The lowest BCUT2D eigenvalue weighted by Gasteiger charge is -1.98. The number of halogens is 1. The van der Waals surface area contributed by atoms with E-state index in [1.165, 1.54) is 15.3 Å². The third-order valence-corrected chi connectivity index (χ3v) is 4.29. The molecule has 0 aliphatic heterocycles. The molecule has 0 aliphatic rings. The van der Waals surface area contributed by atoms with E-state index in [1.807, 2.05) is 30.5 Å². The van der Waals surface area contributed by atoms with Gasteiger partial charge < -0.3 is 0 Å². The highest BCUT2D eigenvalue weighted by atomic mass is 35.5. The van der Waals surface area contributed by atoms with Gasteiger partial charge in [0.2, 0.25) is 0 Å². The van der Waals surface area contributed by atoms with Crippen molar-refractivity contribution < 1.29 is 0 Å². The van der Waals surface area contributed by atoms with E-state index in [4.69, 9.17) is 11.6 Å². The van der Waals surface area contributed by atoms with E-state index >= 15 is 0 Å². The van der Waals surface area contributed by atoms with Crippen LogP contribution in [-0.4, -0.2) is 15.0 Å². The molecule has 1 aromatic carbocycles. The number of aromatic nitrogens is 3. The smallest absolute Gasteiger partial charge is 0.123 e. The largest absolute Gasteiger partial charge is 0.220 e. The Morgan fingerprint density at radius 3 is 2.53 bits per heavy atom. The molecule has 0 radical (unpaired) electrons. The summed E-state index contributed by atoms with van der Waals surface area (Å²) in [6, 6.07) is 9.71. The van der Waals surface area contributed by atoms with Crippen molar-refractivity contribution in [3.05, 3.63) is 52.0 Å². The minimum atomic E-state index is 0.716. The van der Waals surface area contributed by atoms with E-state index in [1.54, 1.807) is 16.0 Å². The van der Waals surface area contributed by atoms with Crippen molar-refractivity contribution in [1.82, 2.24) is 15.0 Å². The molecule has 0 fully saturated rings. The first-order valence-electron chi connectivity index (χ1n) is 5.89. The maximum absolute atomic E-state index is 5.88. The van der Waals surface area contributed by atoms with Gasteiger partial charge >= 0.3 is 0 Å². The van der Waals surface area contributed by atoms with Crippen molar-refractivity contribution in [1.29, 1.82) is 0 Å². The zero-order valence-corrected chi connectivity index (χ0v) is 12.2. The molecule has 2 heterocycles. The topological polar surface area (TPSA) is 30.7 Å². The standard InChI is InChI=1S/C14H12ClN3S/c1-9-7-10(2)19-14(9)13-8-18(17-16-13)12-5-3-11(15)4-6-12/h3-8H,1-2H3. The average Bonchev–Trinajstić information content (AvgIpc) is 2.97. The molecule has 5 heteroatoms. The second kappa shape index (κ2) is 4.79. The van der Waals surface area contributed by atoms with Crippen LogP contribution in [0.2, 0.25) is 5.02 Å². The first-order valence-corrected chi connectivity index (χ1v) is 7.08. The molecular weight excluding hydrogens is 278 g/mol. The van der Waals surface area contributed by atoms with Crippen molar-refractivity contribution in [2.75, 3.05) is 0 Å². The van der Waals surface area contributed by atoms with Crippen LogP contribution in [0.1, 0.15) is 10.4 Å². The van der Waals surface area contributed by atoms with Gasteiger partial charge in [-0.25, -0.2) is 4.68 Å². The Morgan fingerprint density at radius 1 is 1.16 bits per heavy atom. The van der Waals surface area contributed by atoms with Crippen molar-refractivity contribution in [3.8, 4) is 16.3 Å². The molecule has 0 bridgehead atoms. The molecule has 0 unspecified atom stereocenters. The van der Waals surface area contributed by atoms with Gasteiger partial charge in [0.25, 0.3) is 0 Å². The summed E-state index contributed by atoms with van der Waals surface area (Å²) in [4.78, 5) is 2.46. The summed E-state index contributed by atoms with van der Waals surface area (Å²) in [6.45, 7) is 4.20. The summed E-state index contributed by atoms with van der Waals surface area (Å²) in [5, 5.41) is 9.14. The Bertz CT molecular complexity index is 713. The van der Waals surface area contributed by atoms with Gasteiger partial charge in [0.15, 0.2) is 0 Å². The van der Waals surface area contributed by atoms with E-state index in [0.717, 1.165) is 11.4 Å². The minimum Gasteiger partial charge on any atom is -0.220 e. The molecule has 3 nitrogen and oxygen atoms in total. The summed E-state index contributed by atoms with van der Waals surface area (Å²) in [6.07, 6.45) is 1.95. The Kier molecular flexibility index (Phi) is 3.12. The Morgan fingerprint density at radius 2 is 1.89 bits per heavy atom. The maximum atomic E-state index is 5.88. The van der Waals surface area contributed by atoms with E-state index in [2.05, 4.69) is 30.2 Å². The normalized spacial score (nSPS) is 10.9. The van der Waals surface area contributed by atoms with Crippen LogP contribution in [0.3, 0.4) is 0 Å². The quantitative estimate of drug-likeness (QED) is 0.705. The van der Waals surface area contributed by atoms with Crippen LogP contribution < -0.4 is 0 Å². The molecule has 0 saturated carbocycles. The van der Waals surface area contributed by atoms with Crippen molar-refractivity contribution in [2.24, 2.45) is 0 Å². The number of hydrogen-bond acceptors (Lipinski definition) is 3. The third-order valence-electron chi connectivity index (χ3n) is 2.86. The third kappa shape index (κ3) is 2.41. The monoisotopic (exact) mass is 289 g/mol. The van der Waals surface area contributed by atoms with E-state index in [-0.39, 0.29) is 0 Å². The first-order chi connectivity index (χ1) is 9.13. The first kappa shape index (κ1) is 12.4. The van der Waals surface area contributed by atoms with Crippen LogP contribution in [0.15, 0.2) is 36.5 Å². The Balaban J connectivity index is 1.99. The van der Waals surface area contributed by atoms with Crippen LogP contribution in [0, 0.1) is 13.8 Å². The fraction of sp³-hybridized carbons (Fsp3) is 0.143. The van der Waals surface area contributed by atoms with E-state index in [0.29, 0.717) is 5.02 Å². The van der Waals surface area contributed by atoms with Crippen molar-refractivity contribution >= 4 is 22.9 Å². The summed E-state index contributed by atoms with van der Waals surface area (Å²) in [5.41, 5.74) is 3.10. The molecule has 3 rings (SSSR count). The molecule has 0 spiro atoms. The van der Waals surface area contributed by atoms with Gasteiger partial charge in [-0.15, -0.1) is 16.4 Å². The van der Waals surface area contributed by atoms with Gasteiger partial charge in [-0.3, -0.25) is 0 Å². The van der Waals surface area contributed by atoms with Gasteiger partial charge in [0, 0.05) is 9.90 Å². The lowest BCUT2D eigenvalue weighted by atomic mass is 10.2. The van der Waals surface area contributed by atoms with Gasteiger partial charge in [-0.1, -0.05) is 16.8 Å². The average molecular weight is 290 g/mol. The minimum absolute atomic E-state index is 0.716. The number of nitrogens with zero attached hydrogens (tertiary/aromatic N) is 3. The summed E-state index contributed by atoms with van der Waals surface area (Å²) in [5.74, 6) is 0. The number of thiophene rings is 1. The van der Waals surface area contributed by atoms with Crippen LogP contribution in [0.25, 0.3) is 16.3 Å². The van der Waals surface area contributed by atoms with Crippen molar-refractivity contribution in [2.45, 2.75) is 13.8 Å². The highest BCUT2D eigenvalue weighted by molar-refractivity contribution is 7.15. The molecule has 19 heavy (non-hydrogen) atoms. The SMILES string of the molecule is Cc1cc(C)c(-c2cn(-c3ccc(Cl)cc3)nn2)s1. The predicted molar refractivity (Wildman–Crippen MR) is 79.2 cm³/mol. The molecule has 3 aromatic rings. The Labute approximate surface area is 120 Å². The zero-order chi connectivity index (χ0) is 13.4. The lowest BCUT2D eigenvalue weighted by Crippen LogP contribution is -1.93. The fourth-order valence-electron chi connectivity index (χ4n) is 1.98. The van der Waals surface area contributed by atoms with Crippen LogP contribution in [0.4, 0.5) is 0 Å². The van der Waals surface area contributed by atoms with Gasteiger partial charge in [-0.2, -0.15) is 0 Å². The Hall–Kier alpha value is -1.65. The summed E-state index contributed by atoms with van der Waals surface area (Å²) < 4.78 is 1.76. The van der Waals surface area contributed by atoms with Crippen LogP contribution >= 0.6 is 22.9 Å². The highest BCUT2D eigenvalue weighted by Gasteiger charge is 2.10. The molecular formula is C14H12ClN3S. The summed E-state index contributed by atoms with van der Waals surface area (Å²) in [7, 11) is 0. The van der Waals surface area contributed by atoms with Gasteiger partial charge in [-0.05, 0) is 49.7 Å². The van der Waals surface area contributed by atoms with Gasteiger partial charge in [0.05, 0.1) is 16.8 Å². The van der Waals surface area contributed by atoms with Crippen molar-refractivity contribution in [3.63, 3.8) is 0 Å². The lowest BCUT2D eigenvalue weighted by molar-refractivity contribution is 0.804. The van der Waals surface area contributed by atoms with E-state index in [9.17, 15) is 0 Å².